The Kier molecular flexibility index (Phi) is 7.39. The van der Waals surface area contributed by atoms with Gasteiger partial charge in [-0.2, -0.15) is 0 Å². The number of rotatable bonds is 8. The summed E-state index contributed by atoms with van der Waals surface area (Å²) in [4.78, 5) is 25.8. The fraction of sp³-hybridized carbons (Fsp3) is 0.172. The normalized spacial score (nSPS) is 10.6. The first-order valence-electron chi connectivity index (χ1n) is 11.5. The van der Waals surface area contributed by atoms with Crippen LogP contribution in [0, 0.1) is 6.92 Å². The van der Waals surface area contributed by atoms with Gasteiger partial charge in [0.05, 0.1) is 32.1 Å². The van der Waals surface area contributed by atoms with Crippen LogP contribution < -0.4 is 14.8 Å². The number of benzene rings is 3. The summed E-state index contributed by atoms with van der Waals surface area (Å²) in [6.45, 7) is 3.94. The van der Waals surface area contributed by atoms with Crippen molar-refractivity contribution < 1.29 is 23.8 Å². The second kappa shape index (κ2) is 10.8. The van der Waals surface area contributed by atoms with Crippen molar-refractivity contribution in [3.05, 3.63) is 95.7 Å². The highest BCUT2D eigenvalue weighted by Gasteiger charge is 2.21. The number of nitrogens with zero attached hydrogens (tertiary/aromatic N) is 1. The van der Waals surface area contributed by atoms with Gasteiger partial charge in [0.15, 0.2) is 0 Å². The Bertz CT molecular complexity index is 1370. The third kappa shape index (κ3) is 5.10. The summed E-state index contributed by atoms with van der Waals surface area (Å²) in [5.41, 5.74) is 4.72. The Morgan fingerprint density at radius 2 is 1.56 bits per heavy atom. The number of carbonyl (C=O) groups is 2. The lowest BCUT2D eigenvalue weighted by atomic mass is 10.1. The van der Waals surface area contributed by atoms with E-state index in [0.29, 0.717) is 28.3 Å². The van der Waals surface area contributed by atoms with E-state index in [4.69, 9.17) is 14.2 Å². The average Bonchev–Trinajstić information content (AvgIpc) is 3.26. The minimum absolute atomic E-state index is 0.287. The molecule has 0 saturated carbocycles. The van der Waals surface area contributed by atoms with Crippen molar-refractivity contribution in [1.29, 1.82) is 0 Å². The number of carbonyl (C=O) groups excluding carboxylic acids is 2. The predicted octanol–water partition coefficient (Wildman–Crippen LogP) is 5.90. The summed E-state index contributed by atoms with van der Waals surface area (Å²) >= 11 is 0. The lowest BCUT2D eigenvalue weighted by Gasteiger charge is -2.14. The van der Waals surface area contributed by atoms with Crippen LogP contribution in [-0.4, -0.2) is 37.3 Å². The molecule has 0 aliphatic rings. The predicted molar refractivity (Wildman–Crippen MR) is 139 cm³/mol. The number of hydrogen-bond acceptors (Lipinski definition) is 5. The first kappa shape index (κ1) is 24.6. The largest absolute Gasteiger partial charge is 0.497 e. The van der Waals surface area contributed by atoms with Crippen molar-refractivity contribution in [1.82, 2.24) is 4.57 Å². The number of esters is 1. The molecule has 1 amide bonds. The van der Waals surface area contributed by atoms with Gasteiger partial charge in [0.25, 0.3) is 5.91 Å². The van der Waals surface area contributed by atoms with Crippen LogP contribution in [0.4, 0.5) is 5.69 Å². The van der Waals surface area contributed by atoms with E-state index in [9.17, 15) is 9.59 Å². The fourth-order valence-corrected chi connectivity index (χ4v) is 4.05. The number of methoxy groups -OCH3 is 2. The van der Waals surface area contributed by atoms with Crippen LogP contribution in [0.2, 0.25) is 0 Å². The van der Waals surface area contributed by atoms with Crippen LogP contribution in [0.1, 0.15) is 33.3 Å². The van der Waals surface area contributed by atoms with Gasteiger partial charge in [-0.15, -0.1) is 0 Å². The van der Waals surface area contributed by atoms with Gasteiger partial charge in [-0.25, -0.2) is 4.79 Å². The van der Waals surface area contributed by atoms with Crippen LogP contribution in [0.5, 0.6) is 11.5 Å². The molecule has 184 valence electrons. The van der Waals surface area contributed by atoms with E-state index in [1.165, 1.54) is 0 Å². The maximum Gasteiger partial charge on any atom is 0.339 e. The molecule has 1 aromatic heterocycles. The maximum absolute atomic E-state index is 13.2. The summed E-state index contributed by atoms with van der Waals surface area (Å²) in [6.07, 6.45) is 0. The van der Waals surface area contributed by atoms with Gasteiger partial charge in [-0.05, 0) is 43.7 Å². The third-order valence-corrected chi connectivity index (χ3v) is 5.79. The highest BCUT2D eigenvalue weighted by molar-refractivity contribution is 6.05. The van der Waals surface area contributed by atoms with Crippen LogP contribution >= 0.6 is 0 Å². The maximum atomic E-state index is 13.2. The van der Waals surface area contributed by atoms with E-state index in [0.717, 1.165) is 22.6 Å². The quantitative estimate of drug-likeness (QED) is 0.315. The molecule has 0 unspecified atom stereocenters. The van der Waals surface area contributed by atoms with E-state index in [-0.39, 0.29) is 18.5 Å². The molecule has 0 fully saturated rings. The molecule has 7 heteroatoms. The average molecular weight is 485 g/mol. The van der Waals surface area contributed by atoms with Crippen molar-refractivity contribution in [3.63, 3.8) is 0 Å². The van der Waals surface area contributed by atoms with Gasteiger partial charge in [-0.1, -0.05) is 36.4 Å². The van der Waals surface area contributed by atoms with Crippen molar-refractivity contribution >= 4 is 17.6 Å². The van der Waals surface area contributed by atoms with Crippen molar-refractivity contribution in [2.75, 3.05) is 26.1 Å². The lowest BCUT2D eigenvalue weighted by molar-refractivity contribution is 0.0525. The lowest BCUT2D eigenvalue weighted by Crippen LogP contribution is -2.13. The first-order valence-corrected chi connectivity index (χ1v) is 11.5. The van der Waals surface area contributed by atoms with Crippen molar-refractivity contribution in [2.24, 2.45) is 0 Å². The molecule has 0 aliphatic carbocycles. The van der Waals surface area contributed by atoms with E-state index in [1.807, 2.05) is 60.0 Å². The van der Waals surface area contributed by atoms with Crippen LogP contribution in [0.25, 0.3) is 16.9 Å². The van der Waals surface area contributed by atoms with Crippen LogP contribution in [0.15, 0.2) is 78.9 Å². The van der Waals surface area contributed by atoms with Gasteiger partial charge in [0, 0.05) is 40.8 Å². The molecule has 0 radical (unpaired) electrons. The Balaban J connectivity index is 1.74. The summed E-state index contributed by atoms with van der Waals surface area (Å²) in [6, 6.07) is 24.0. The van der Waals surface area contributed by atoms with Crippen molar-refractivity contribution in [3.8, 4) is 28.4 Å². The molecule has 0 aliphatic heterocycles. The SMILES string of the molecule is CCOC(=O)c1cc(-c2ccccc2)n(-c2cccc(C(=O)Nc3cc(OC)cc(OC)c3)c2)c1C. The number of aromatic nitrogens is 1. The number of ether oxygens (including phenoxy) is 3. The number of nitrogens with one attached hydrogen (secondary N) is 1. The molecular formula is C29H28N2O5. The molecule has 4 aromatic rings. The molecular weight excluding hydrogens is 456 g/mol. The van der Waals surface area contributed by atoms with Gasteiger partial charge in [-0.3, -0.25) is 4.79 Å². The molecule has 36 heavy (non-hydrogen) atoms. The first-order chi connectivity index (χ1) is 17.4. The highest BCUT2D eigenvalue weighted by atomic mass is 16.5. The Labute approximate surface area is 210 Å². The molecule has 0 atom stereocenters. The van der Waals surface area contributed by atoms with Gasteiger partial charge >= 0.3 is 5.97 Å². The van der Waals surface area contributed by atoms with Crippen LogP contribution in [0.3, 0.4) is 0 Å². The number of hydrogen-bond donors (Lipinski definition) is 1. The fourth-order valence-electron chi connectivity index (χ4n) is 4.05. The Hall–Kier alpha value is -4.52. The Morgan fingerprint density at radius 3 is 2.19 bits per heavy atom. The van der Waals surface area contributed by atoms with E-state index >= 15 is 0 Å². The summed E-state index contributed by atoms with van der Waals surface area (Å²) in [5, 5.41) is 2.91. The van der Waals surface area contributed by atoms with Crippen molar-refractivity contribution in [2.45, 2.75) is 13.8 Å². The number of amides is 1. The molecule has 4 rings (SSSR count). The monoisotopic (exact) mass is 484 g/mol. The smallest absolute Gasteiger partial charge is 0.339 e. The summed E-state index contributed by atoms with van der Waals surface area (Å²) < 4.78 is 17.8. The molecule has 0 saturated heterocycles. The topological polar surface area (TPSA) is 78.8 Å². The molecule has 0 spiro atoms. The highest BCUT2D eigenvalue weighted by Crippen LogP contribution is 2.31. The molecule has 1 N–H and O–H groups in total. The van der Waals surface area contributed by atoms with Crippen LogP contribution in [-0.2, 0) is 4.74 Å². The minimum Gasteiger partial charge on any atom is -0.497 e. The molecule has 1 heterocycles. The third-order valence-electron chi connectivity index (χ3n) is 5.79. The zero-order chi connectivity index (χ0) is 25.7. The molecule has 0 bridgehead atoms. The molecule has 3 aromatic carbocycles. The van der Waals surface area contributed by atoms with Gasteiger partial charge in [0.1, 0.15) is 11.5 Å². The zero-order valence-corrected chi connectivity index (χ0v) is 20.7. The second-order valence-electron chi connectivity index (χ2n) is 8.06. The van der Waals surface area contributed by atoms with E-state index in [1.54, 1.807) is 51.5 Å². The standard InChI is InChI=1S/C29H28N2O5/c1-5-36-29(33)26-18-27(20-10-7-6-8-11-20)31(19(26)2)23-13-9-12-21(14-23)28(32)30-22-15-24(34-3)17-25(16-22)35-4/h6-18H,5H2,1-4H3,(H,30,32). The van der Waals surface area contributed by atoms with E-state index in [2.05, 4.69) is 5.32 Å². The Morgan fingerprint density at radius 1 is 0.861 bits per heavy atom. The summed E-state index contributed by atoms with van der Waals surface area (Å²) in [5.74, 6) is 0.469. The van der Waals surface area contributed by atoms with Gasteiger partial charge < -0.3 is 24.1 Å². The van der Waals surface area contributed by atoms with Gasteiger partial charge in [0.2, 0.25) is 0 Å². The summed E-state index contributed by atoms with van der Waals surface area (Å²) in [7, 11) is 3.11. The van der Waals surface area contributed by atoms with E-state index < -0.39 is 0 Å². The second-order valence-corrected chi connectivity index (χ2v) is 8.06. The molecule has 7 nitrogen and oxygen atoms in total. The number of anilines is 1. The minimum atomic E-state index is -0.383. The zero-order valence-electron chi connectivity index (χ0n) is 20.7.